The molecule has 0 radical (unpaired) electrons. The van der Waals surface area contributed by atoms with Crippen molar-refractivity contribution >= 4 is 29.7 Å². The lowest BCUT2D eigenvalue weighted by Crippen LogP contribution is -2.58. The number of aromatic nitrogens is 1. The lowest BCUT2D eigenvalue weighted by molar-refractivity contribution is -0.132. The van der Waals surface area contributed by atoms with E-state index in [4.69, 9.17) is 14.0 Å². The van der Waals surface area contributed by atoms with Gasteiger partial charge < -0.3 is 35.3 Å². The number of aryl methyl sites for hydroxylation is 2. The van der Waals surface area contributed by atoms with Crippen molar-refractivity contribution in [2.45, 2.75) is 71.6 Å². The molecule has 4 N–H and O–H groups in total. The predicted molar refractivity (Wildman–Crippen MR) is 184 cm³/mol. The van der Waals surface area contributed by atoms with Crippen LogP contribution < -0.4 is 26.0 Å². The summed E-state index contributed by atoms with van der Waals surface area (Å²) in [5.74, 6) is -1.62. The highest BCUT2D eigenvalue weighted by atomic mass is 16.5. The molecule has 13 heteroatoms. The van der Waals surface area contributed by atoms with E-state index in [1.54, 1.807) is 31.2 Å². The smallest absolute Gasteiger partial charge is 0.274 e. The normalized spacial score (nSPS) is 14.8. The molecular formula is C37H44N6O7. The van der Waals surface area contributed by atoms with Crippen molar-refractivity contribution in [3.8, 4) is 11.8 Å². The van der Waals surface area contributed by atoms with Crippen LogP contribution in [0.3, 0.4) is 0 Å². The molecule has 1 aliphatic rings. The summed E-state index contributed by atoms with van der Waals surface area (Å²) in [7, 11) is 0. The SMILES string of the molecule is Cc1ccc(CNC(=O)C(COc2cccc(C=C(C#N)C(=O)NC(C)(C)C)c2)NC(=O)C(NC(=O)c2cc(C)on2)C2CCOCC2)cc1. The van der Waals surface area contributed by atoms with Gasteiger partial charge in [-0.25, -0.2) is 0 Å². The van der Waals surface area contributed by atoms with E-state index in [2.05, 4.69) is 26.4 Å². The number of amides is 4. The van der Waals surface area contributed by atoms with Crippen molar-refractivity contribution in [2.75, 3.05) is 19.8 Å². The Morgan fingerprint density at radius 3 is 2.38 bits per heavy atom. The highest BCUT2D eigenvalue weighted by Crippen LogP contribution is 2.21. The zero-order valence-corrected chi connectivity index (χ0v) is 29.0. The maximum atomic E-state index is 13.9. The summed E-state index contributed by atoms with van der Waals surface area (Å²) < 4.78 is 16.5. The van der Waals surface area contributed by atoms with Gasteiger partial charge in [-0.3, -0.25) is 19.2 Å². The van der Waals surface area contributed by atoms with Gasteiger partial charge in [0.15, 0.2) is 5.69 Å². The van der Waals surface area contributed by atoms with Crippen LogP contribution in [0.2, 0.25) is 0 Å². The van der Waals surface area contributed by atoms with E-state index in [1.807, 2.05) is 58.0 Å². The Morgan fingerprint density at radius 1 is 1.02 bits per heavy atom. The Hall–Kier alpha value is -5.48. The first-order valence-corrected chi connectivity index (χ1v) is 16.4. The molecule has 0 saturated carbocycles. The molecule has 0 bridgehead atoms. The molecule has 4 amide bonds. The Balaban J connectivity index is 1.54. The van der Waals surface area contributed by atoms with Crippen LogP contribution in [0.15, 0.2) is 64.7 Å². The number of carbonyl (C=O) groups is 4. The third-order valence-electron chi connectivity index (χ3n) is 7.83. The van der Waals surface area contributed by atoms with Gasteiger partial charge in [-0.1, -0.05) is 47.1 Å². The van der Waals surface area contributed by atoms with Gasteiger partial charge in [0, 0.05) is 31.4 Å². The first-order valence-electron chi connectivity index (χ1n) is 16.4. The minimum atomic E-state index is -1.16. The van der Waals surface area contributed by atoms with Gasteiger partial charge in [0.1, 0.15) is 41.8 Å². The van der Waals surface area contributed by atoms with E-state index in [1.165, 1.54) is 12.1 Å². The van der Waals surface area contributed by atoms with Gasteiger partial charge in [-0.15, -0.1) is 0 Å². The second-order valence-electron chi connectivity index (χ2n) is 13.2. The standard InChI is InChI=1S/C37H44N6O7/c1-23-9-11-25(12-10-23)21-39-34(45)31(22-49-29-8-6-7-26(19-29)18-28(20-38)33(44)42-37(3,4)5)40-36(47)32(27-13-15-48-16-14-27)41-35(46)30-17-24(2)50-43-30/h6-12,17-19,27,31-32H,13-16,21-22H2,1-5H3,(H,39,45)(H,40,47)(H,41,46)(H,42,44). The average Bonchev–Trinajstić information content (AvgIpc) is 3.53. The van der Waals surface area contributed by atoms with Crippen LogP contribution in [0.5, 0.6) is 5.75 Å². The molecule has 3 aromatic rings. The Kier molecular flexibility index (Phi) is 12.9. The molecular weight excluding hydrogens is 640 g/mol. The van der Waals surface area contributed by atoms with Gasteiger partial charge in [-0.05, 0) is 82.7 Å². The van der Waals surface area contributed by atoms with Gasteiger partial charge >= 0.3 is 0 Å². The summed E-state index contributed by atoms with van der Waals surface area (Å²) in [6.45, 7) is 9.88. The number of nitriles is 1. The first kappa shape index (κ1) is 37.3. The van der Waals surface area contributed by atoms with Gasteiger partial charge in [0.2, 0.25) is 11.8 Å². The van der Waals surface area contributed by atoms with Gasteiger partial charge in [0.25, 0.3) is 11.8 Å². The van der Waals surface area contributed by atoms with E-state index < -0.39 is 41.3 Å². The van der Waals surface area contributed by atoms with Crippen LogP contribution in [0.1, 0.15) is 66.6 Å². The largest absolute Gasteiger partial charge is 0.491 e. The summed E-state index contributed by atoms with van der Waals surface area (Å²) in [6.07, 6.45) is 2.49. The summed E-state index contributed by atoms with van der Waals surface area (Å²) in [5.41, 5.74) is 1.90. The highest BCUT2D eigenvalue weighted by Gasteiger charge is 2.34. The van der Waals surface area contributed by atoms with Gasteiger partial charge in [0.05, 0.1) is 0 Å². The second kappa shape index (κ2) is 17.3. The quantitative estimate of drug-likeness (QED) is 0.155. The molecule has 264 valence electrons. The van der Waals surface area contributed by atoms with E-state index in [0.717, 1.165) is 11.1 Å². The monoisotopic (exact) mass is 684 g/mol. The molecule has 4 rings (SSSR count). The minimum absolute atomic E-state index is 0.0347. The molecule has 1 saturated heterocycles. The molecule has 1 aromatic heterocycles. The molecule has 0 aliphatic carbocycles. The molecule has 13 nitrogen and oxygen atoms in total. The fourth-order valence-corrected chi connectivity index (χ4v) is 5.19. The van der Waals surface area contributed by atoms with Crippen molar-refractivity contribution in [2.24, 2.45) is 5.92 Å². The minimum Gasteiger partial charge on any atom is -0.491 e. The van der Waals surface area contributed by atoms with Gasteiger partial charge in [-0.2, -0.15) is 5.26 Å². The van der Waals surface area contributed by atoms with Crippen molar-refractivity contribution in [1.82, 2.24) is 26.4 Å². The molecule has 50 heavy (non-hydrogen) atoms. The lowest BCUT2D eigenvalue weighted by Gasteiger charge is -2.31. The van der Waals surface area contributed by atoms with Crippen molar-refractivity contribution in [3.05, 3.63) is 88.3 Å². The average molecular weight is 685 g/mol. The molecule has 2 heterocycles. The van der Waals surface area contributed by atoms with E-state index in [-0.39, 0.29) is 30.3 Å². The Morgan fingerprint density at radius 2 is 1.74 bits per heavy atom. The fourth-order valence-electron chi connectivity index (χ4n) is 5.19. The molecule has 0 spiro atoms. The predicted octanol–water partition coefficient (Wildman–Crippen LogP) is 3.52. The van der Waals surface area contributed by atoms with Crippen molar-refractivity contribution < 1.29 is 33.2 Å². The number of hydrogen-bond donors (Lipinski definition) is 4. The highest BCUT2D eigenvalue weighted by molar-refractivity contribution is 6.02. The van der Waals surface area contributed by atoms with Crippen LogP contribution >= 0.6 is 0 Å². The summed E-state index contributed by atoms with van der Waals surface area (Å²) >= 11 is 0. The molecule has 2 atom stereocenters. The number of benzene rings is 2. The number of ether oxygens (including phenoxy) is 2. The number of hydrogen-bond acceptors (Lipinski definition) is 9. The van der Waals surface area contributed by atoms with Crippen LogP contribution in [0, 0.1) is 31.1 Å². The molecule has 2 unspecified atom stereocenters. The van der Waals surface area contributed by atoms with Crippen LogP contribution in [-0.4, -0.2) is 66.2 Å². The summed E-state index contributed by atoms with van der Waals surface area (Å²) in [5, 5.41) is 24.6. The maximum absolute atomic E-state index is 13.9. The lowest BCUT2D eigenvalue weighted by atomic mass is 9.90. The Labute approximate surface area is 291 Å². The number of carbonyl (C=O) groups excluding carboxylic acids is 4. The zero-order chi connectivity index (χ0) is 36.3. The van der Waals surface area contributed by atoms with Crippen LogP contribution in [0.25, 0.3) is 6.08 Å². The number of nitrogens with one attached hydrogen (secondary N) is 4. The number of nitrogens with zero attached hydrogens (tertiary/aromatic N) is 2. The third-order valence-corrected chi connectivity index (χ3v) is 7.83. The van der Waals surface area contributed by atoms with E-state index in [9.17, 15) is 24.4 Å². The topological polar surface area (TPSA) is 185 Å². The van der Waals surface area contributed by atoms with Crippen LogP contribution in [0.4, 0.5) is 0 Å². The first-order chi connectivity index (χ1) is 23.8. The van der Waals surface area contributed by atoms with Crippen molar-refractivity contribution in [1.29, 1.82) is 5.26 Å². The molecule has 1 fully saturated rings. The second-order valence-corrected chi connectivity index (χ2v) is 13.2. The maximum Gasteiger partial charge on any atom is 0.274 e. The fraction of sp³-hybridized carbons (Fsp3) is 0.405. The van der Waals surface area contributed by atoms with E-state index in [0.29, 0.717) is 43.1 Å². The third kappa shape index (κ3) is 11.3. The summed E-state index contributed by atoms with van der Waals surface area (Å²) in [4.78, 5) is 53.2. The number of rotatable bonds is 13. The summed E-state index contributed by atoms with van der Waals surface area (Å²) in [6, 6.07) is 15.6. The van der Waals surface area contributed by atoms with Crippen molar-refractivity contribution in [3.63, 3.8) is 0 Å². The molecule has 2 aromatic carbocycles. The zero-order valence-electron chi connectivity index (χ0n) is 29.0. The Bertz CT molecular complexity index is 1730. The van der Waals surface area contributed by atoms with Crippen LogP contribution in [-0.2, 0) is 25.7 Å². The van der Waals surface area contributed by atoms with E-state index >= 15 is 0 Å². The molecule has 1 aliphatic heterocycles.